The summed E-state index contributed by atoms with van der Waals surface area (Å²) < 4.78 is 50.1. The van der Waals surface area contributed by atoms with E-state index in [2.05, 4.69) is 84.9 Å². The Balaban J connectivity index is 1.84. The van der Waals surface area contributed by atoms with Crippen LogP contribution in [0.25, 0.3) is 0 Å². The Morgan fingerprint density at radius 3 is 2.34 bits per heavy atom. The number of halogens is 3. The molecule has 0 aliphatic carbocycles. The number of aliphatic hydroxyl groups is 1. The Morgan fingerprint density at radius 1 is 1.20 bits per heavy atom. The molecule has 1 saturated heterocycles. The van der Waals surface area contributed by atoms with Crippen molar-refractivity contribution >= 4 is 34.0 Å². The first-order valence-corrected chi connectivity index (χ1v) is 22.2. The lowest BCUT2D eigenvalue weighted by Crippen LogP contribution is -2.65. The molecule has 1 unspecified atom stereocenters. The molecule has 2 heterocycles. The van der Waals surface area contributed by atoms with Crippen LogP contribution in [0.4, 0.5) is 23.7 Å². The summed E-state index contributed by atoms with van der Waals surface area (Å²) in [5.74, 6) is 2.67. The van der Waals surface area contributed by atoms with Gasteiger partial charge in [-0.15, -0.1) is 0 Å². The first-order valence-electron chi connectivity index (χ1n) is 16.3. The van der Waals surface area contributed by atoms with Crippen molar-refractivity contribution in [3.8, 4) is 11.8 Å². The third kappa shape index (κ3) is 8.77. The number of benzene rings is 1. The fourth-order valence-electron chi connectivity index (χ4n) is 5.46. The third-order valence-corrected chi connectivity index (χ3v) is 21.6. The molecule has 4 atom stereocenters. The number of nitro groups is 1. The molecule has 17 heteroatoms. The molecule has 3 rings (SSSR count). The van der Waals surface area contributed by atoms with Crippen molar-refractivity contribution in [1.29, 1.82) is 0 Å². The van der Waals surface area contributed by atoms with Crippen molar-refractivity contribution in [2.24, 2.45) is 5.73 Å². The minimum absolute atomic E-state index is 0.0679. The molecule has 3 amide bonds. The van der Waals surface area contributed by atoms with E-state index in [1.807, 2.05) is 0 Å². The maximum atomic E-state index is 13.6. The van der Waals surface area contributed by atoms with E-state index in [4.69, 9.17) is 14.9 Å². The first-order chi connectivity index (χ1) is 22.5. The van der Waals surface area contributed by atoms with Crippen LogP contribution in [0.3, 0.4) is 0 Å². The molecule has 278 valence electrons. The first kappa shape index (κ1) is 41.1. The third-order valence-electron chi connectivity index (χ3n) is 10.7. The average Bonchev–Trinajstić information content (AvgIpc) is 3.30. The Bertz CT molecular complexity index is 1580. The van der Waals surface area contributed by atoms with E-state index >= 15 is 0 Å². The number of rotatable bonds is 9. The summed E-state index contributed by atoms with van der Waals surface area (Å²) in [5, 5.41) is 27.2. The molecule has 2 aliphatic rings. The topological polar surface area (TPSA) is 169 Å². The van der Waals surface area contributed by atoms with E-state index in [1.165, 1.54) is 29.3 Å². The van der Waals surface area contributed by atoms with Crippen LogP contribution in [0.15, 0.2) is 30.5 Å². The monoisotopic (exact) mass is 741 g/mol. The van der Waals surface area contributed by atoms with E-state index < -0.39 is 69.2 Å². The van der Waals surface area contributed by atoms with Gasteiger partial charge in [0, 0.05) is 36.2 Å². The van der Waals surface area contributed by atoms with Crippen molar-refractivity contribution in [2.45, 2.75) is 120 Å². The molecule has 1 aromatic carbocycles. The minimum Gasteiger partial charge on any atom is -0.414 e. The highest BCUT2D eigenvalue weighted by molar-refractivity contribution is 6.83. The summed E-state index contributed by atoms with van der Waals surface area (Å²) in [5.41, 5.74) is 4.92. The van der Waals surface area contributed by atoms with Crippen molar-refractivity contribution in [3.05, 3.63) is 51.7 Å². The molecule has 50 heavy (non-hydrogen) atoms. The molecular weight excluding hydrogens is 692 g/mol. The Morgan fingerprint density at radius 2 is 1.82 bits per heavy atom. The zero-order chi connectivity index (χ0) is 38.3. The standard InChI is InChI=1S/C33H50F3N5O7Si2/c1-29(2,3)49(7,8)32(44)20-26(48-25(32)21-47-50(9,10)30(4,5)6)40-17-15-31(37,39-28(40)43)19-23-14-13-22(18-24(23)41(45)46)12-11-16-38-27(42)33(34,35)36/h13-15,17-18,25-26,44H,16,19-21,37H2,1-10H3,(H,38,42)(H,39,43)/t25-,26-,31?,32-/m1/s1. The predicted octanol–water partition coefficient (Wildman–Crippen LogP) is 5.28. The van der Waals surface area contributed by atoms with Crippen molar-refractivity contribution in [3.63, 3.8) is 0 Å². The van der Waals surface area contributed by atoms with Crippen molar-refractivity contribution in [2.75, 3.05) is 13.2 Å². The fourth-order valence-corrected chi connectivity index (χ4v) is 9.40. The molecule has 2 aliphatic heterocycles. The van der Waals surface area contributed by atoms with Gasteiger partial charge in [-0.1, -0.05) is 72.5 Å². The molecule has 0 spiro atoms. The van der Waals surface area contributed by atoms with Crippen molar-refractivity contribution < 1.29 is 42.0 Å². The zero-order valence-electron chi connectivity index (χ0n) is 30.4. The summed E-state index contributed by atoms with van der Waals surface area (Å²) in [6.45, 7) is 20.7. The lowest BCUT2D eigenvalue weighted by molar-refractivity contribution is -0.385. The van der Waals surface area contributed by atoms with Crippen LogP contribution in [-0.2, 0) is 20.4 Å². The molecule has 1 aromatic rings. The summed E-state index contributed by atoms with van der Waals surface area (Å²) in [6, 6.07) is 3.34. The molecule has 12 nitrogen and oxygen atoms in total. The fraction of sp³-hybridized carbons (Fsp3) is 0.636. The van der Waals surface area contributed by atoms with E-state index in [1.54, 1.807) is 5.32 Å². The molecule has 1 fully saturated rings. The number of nitrogens with two attached hydrogens (primary N) is 1. The quantitative estimate of drug-likeness (QED) is 0.115. The maximum Gasteiger partial charge on any atom is 0.471 e. The van der Waals surface area contributed by atoms with Crippen LogP contribution in [0.5, 0.6) is 0 Å². The summed E-state index contributed by atoms with van der Waals surface area (Å²) in [6.07, 6.45) is -3.65. The molecule has 0 aromatic heterocycles. The van der Waals surface area contributed by atoms with Gasteiger partial charge in [0.25, 0.3) is 5.69 Å². The Labute approximate surface area is 293 Å². The SMILES string of the molecule is CC(C)(C)[Si](C)(C)OC[C@H]1O[C@@H](N2C=CC(N)(Cc3ccc(C#CCNC(=O)C(F)(F)F)cc3[N+](=O)[O-])NC2=O)C[C@@]1(O)[Si](C)(C)C(C)(C)C. The van der Waals surface area contributed by atoms with Crippen LogP contribution in [0.1, 0.15) is 59.1 Å². The number of urea groups is 1. The number of nitrogens with zero attached hydrogens (tertiary/aromatic N) is 2. The summed E-state index contributed by atoms with van der Waals surface area (Å²) >= 11 is 0. The van der Waals surface area contributed by atoms with Gasteiger partial charge in [-0.05, 0) is 35.3 Å². The second-order valence-electron chi connectivity index (χ2n) is 16.1. The number of carbonyl (C=O) groups excluding carboxylic acids is 2. The minimum atomic E-state index is -5.05. The number of ether oxygens (including phenoxy) is 1. The molecule has 0 bridgehead atoms. The molecule has 5 N–H and O–H groups in total. The number of amides is 3. The lowest BCUT2D eigenvalue weighted by Gasteiger charge is -2.49. The van der Waals surface area contributed by atoms with Gasteiger partial charge in [-0.25, -0.2) is 4.79 Å². The van der Waals surface area contributed by atoms with Gasteiger partial charge in [0.15, 0.2) is 8.32 Å². The van der Waals surface area contributed by atoms with Gasteiger partial charge in [0.2, 0.25) is 0 Å². The number of alkyl halides is 3. The maximum absolute atomic E-state index is 13.6. The normalized spacial score (nSPS) is 24.8. The van der Waals surface area contributed by atoms with E-state index in [0.29, 0.717) is 0 Å². The highest BCUT2D eigenvalue weighted by atomic mass is 28.4. The van der Waals surface area contributed by atoms with E-state index in [9.17, 15) is 38.0 Å². The van der Waals surface area contributed by atoms with Crippen LogP contribution in [0, 0.1) is 22.0 Å². The number of hydrogen-bond donors (Lipinski definition) is 4. The van der Waals surface area contributed by atoms with Gasteiger partial charge in [-0.2, -0.15) is 13.2 Å². The van der Waals surface area contributed by atoms with Crippen LogP contribution in [0.2, 0.25) is 36.3 Å². The number of hydrogen-bond acceptors (Lipinski definition) is 8. The number of carbonyl (C=O) groups is 2. The second kappa shape index (κ2) is 14.0. The van der Waals surface area contributed by atoms with Gasteiger partial charge >= 0.3 is 18.1 Å². The lowest BCUT2D eigenvalue weighted by atomic mass is 9.96. The zero-order valence-corrected chi connectivity index (χ0v) is 32.4. The highest BCUT2D eigenvalue weighted by Gasteiger charge is 2.62. The Hall–Kier alpha value is -3.28. The van der Waals surface area contributed by atoms with Crippen LogP contribution >= 0.6 is 0 Å². The smallest absolute Gasteiger partial charge is 0.414 e. The number of nitrogens with one attached hydrogen (secondary N) is 2. The Kier molecular flexibility index (Phi) is 11.6. The summed E-state index contributed by atoms with van der Waals surface area (Å²) in [4.78, 5) is 37.1. The van der Waals surface area contributed by atoms with Gasteiger partial charge in [-0.3, -0.25) is 19.8 Å². The molecular formula is C33H50F3N5O7Si2. The van der Waals surface area contributed by atoms with Crippen LogP contribution in [-0.4, -0.2) is 85.8 Å². The summed E-state index contributed by atoms with van der Waals surface area (Å²) in [7, 11) is -4.75. The van der Waals surface area contributed by atoms with E-state index in [-0.39, 0.29) is 46.3 Å². The van der Waals surface area contributed by atoms with Gasteiger partial charge in [0.1, 0.15) is 18.0 Å². The largest absolute Gasteiger partial charge is 0.471 e. The second-order valence-corrected chi connectivity index (χ2v) is 26.5. The van der Waals surface area contributed by atoms with Gasteiger partial charge in [0.05, 0.1) is 31.4 Å². The predicted molar refractivity (Wildman–Crippen MR) is 188 cm³/mol. The average molecular weight is 742 g/mol. The van der Waals surface area contributed by atoms with Crippen LogP contribution < -0.4 is 16.4 Å². The van der Waals surface area contributed by atoms with Gasteiger partial charge < -0.3 is 30.6 Å². The van der Waals surface area contributed by atoms with Crippen molar-refractivity contribution in [1.82, 2.24) is 15.5 Å². The molecule has 0 saturated carbocycles. The highest BCUT2D eigenvalue weighted by Crippen LogP contribution is 2.50. The molecule has 0 radical (unpaired) electrons. The number of nitro benzene ring substituents is 1. The van der Waals surface area contributed by atoms with E-state index in [0.717, 1.165) is 6.07 Å².